The quantitative estimate of drug-likeness (QED) is 0.788. The Morgan fingerprint density at radius 1 is 1.30 bits per heavy atom. The summed E-state index contributed by atoms with van der Waals surface area (Å²) in [6, 6.07) is 5.30. The standard InChI is InChI=1S/C16H27ClN2S/c1-3-13(18)16(14-10-11-15(17)20-14)19(2)12-8-6-4-5-7-9-12/h10-13,16H,3-9,18H2,1-2H3. The average Bonchev–Trinajstić information content (AvgIpc) is 2.70. The number of rotatable bonds is 5. The Balaban J connectivity index is 2.16. The molecule has 20 heavy (non-hydrogen) atoms. The van der Waals surface area contributed by atoms with Crippen LogP contribution in [0.3, 0.4) is 0 Å². The highest BCUT2D eigenvalue weighted by molar-refractivity contribution is 7.16. The summed E-state index contributed by atoms with van der Waals surface area (Å²) in [5.74, 6) is 0. The largest absolute Gasteiger partial charge is 0.326 e. The molecule has 4 heteroatoms. The van der Waals surface area contributed by atoms with Crippen LogP contribution in [0.15, 0.2) is 12.1 Å². The highest BCUT2D eigenvalue weighted by Gasteiger charge is 2.29. The topological polar surface area (TPSA) is 29.3 Å². The van der Waals surface area contributed by atoms with E-state index in [1.54, 1.807) is 11.3 Å². The molecule has 2 nitrogen and oxygen atoms in total. The Morgan fingerprint density at radius 2 is 1.95 bits per heavy atom. The summed E-state index contributed by atoms with van der Waals surface area (Å²) in [7, 11) is 2.25. The molecule has 0 aliphatic heterocycles. The molecule has 2 N–H and O–H groups in total. The molecule has 0 bridgehead atoms. The number of likely N-dealkylation sites (N-methyl/N-ethyl adjacent to an activating group) is 1. The van der Waals surface area contributed by atoms with Crippen molar-refractivity contribution in [1.82, 2.24) is 4.90 Å². The van der Waals surface area contributed by atoms with Crippen LogP contribution in [0.4, 0.5) is 0 Å². The second-order valence-corrected chi connectivity index (χ2v) is 7.72. The van der Waals surface area contributed by atoms with Gasteiger partial charge in [-0.2, -0.15) is 0 Å². The minimum absolute atomic E-state index is 0.179. The molecule has 2 atom stereocenters. The molecule has 0 saturated heterocycles. The third-order valence-electron chi connectivity index (χ3n) is 4.60. The molecule has 1 heterocycles. The van der Waals surface area contributed by atoms with Crippen molar-refractivity contribution < 1.29 is 0 Å². The van der Waals surface area contributed by atoms with Gasteiger partial charge in [-0.1, -0.05) is 44.2 Å². The van der Waals surface area contributed by atoms with Crippen LogP contribution >= 0.6 is 22.9 Å². The summed E-state index contributed by atoms with van der Waals surface area (Å²) < 4.78 is 0.863. The van der Waals surface area contributed by atoms with Gasteiger partial charge in [0.1, 0.15) is 0 Å². The van der Waals surface area contributed by atoms with E-state index in [1.807, 2.05) is 6.07 Å². The van der Waals surface area contributed by atoms with Crippen LogP contribution in [-0.2, 0) is 0 Å². The lowest BCUT2D eigenvalue weighted by atomic mass is 9.99. The lowest BCUT2D eigenvalue weighted by Gasteiger charge is -2.37. The highest BCUT2D eigenvalue weighted by Crippen LogP contribution is 2.35. The second-order valence-electron chi connectivity index (χ2n) is 5.97. The van der Waals surface area contributed by atoms with E-state index < -0.39 is 0 Å². The maximum atomic E-state index is 6.43. The van der Waals surface area contributed by atoms with Gasteiger partial charge in [0.2, 0.25) is 0 Å². The molecule has 0 radical (unpaired) electrons. The molecule has 2 unspecified atom stereocenters. The van der Waals surface area contributed by atoms with Gasteiger partial charge in [0.05, 0.1) is 10.4 Å². The minimum atomic E-state index is 0.179. The van der Waals surface area contributed by atoms with Crippen LogP contribution in [0.5, 0.6) is 0 Å². The van der Waals surface area contributed by atoms with Crippen molar-refractivity contribution in [2.45, 2.75) is 70.0 Å². The van der Waals surface area contributed by atoms with Gasteiger partial charge in [-0.15, -0.1) is 11.3 Å². The molecule has 0 amide bonds. The molecule has 114 valence electrons. The Kier molecular flexibility index (Phi) is 6.34. The molecule has 1 fully saturated rings. The number of hydrogen-bond acceptors (Lipinski definition) is 3. The summed E-state index contributed by atoms with van der Waals surface area (Å²) >= 11 is 7.81. The van der Waals surface area contributed by atoms with Gasteiger partial charge < -0.3 is 5.73 Å². The number of nitrogens with two attached hydrogens (primary N) is 1. The second kappa shape index (κ2) is 7.79. The molecule has 1 aliphatic rings. The normalized spacial score (nSPS) is 20.9. The van der Waals surface area contributed by atoms with Gasteiger partial charge in [-0.25, -0.2) is 0 Å². The average molecular weight is 315 g/mol. The van der Waals surface area contributed by atoms with Crippen molar-refractivity contribution in [3.05, 3.63) is 21.3 Å². The summed E-state index contributed by atoms with van der Waals surface area (Å²) in [6.07, 6.45) is 9.10. The first-order valence-corrected chi connectivity index (χ1v) is 9.05. The predicted octanol–water partition coefficient (Wildman–Crippen LogP) is 4.83. The molecule has 2 rings (SSSR count). The number of nitrogens with zero attached hydrogens (tertiary/aromatic N) is 1. The summed E-state index contributed by atoms with van der Waals surface area (Å²) in [4.78, 5) is 3.85. The van der Waals surface area contributed by atoms with Crippen LogP contribution in [-0.4, -0.2) is 24.0 Å². The minimum Gasteiger partial charge on any atom is -0.326 e. The molecule has 1 aliphatic carbocycles. The predicted molar refractivity (Wildman–Crippen MR) is 89.6 cm³/mol. The first kappa shape index (κ1) is 16.3. The van der Waals surface area contributed by atoms with E-state index in [2.05, 4.69) is 24.9 Å². The zero-order valence-electron chi connectivity index (χ0n) is 12.6. The first-order valence-electron chi connectivity index (χ1n) is 7.86. The van der Waals surface area contributed by atoms with Crippen LogP contribution in [0, 0.1) is 0 Å². The fourth-order valence-electron chi connectivity index (χ4n) is 3.32. The highest BCUT2D eigenvalue weighted by atomic mass is 35.5. The molecular formula is C16H27ClN2S. The van der Waals surface area contributed by atoms with Gasteiger partial charge in [0.15, 0.2) is 0 Å². The van der Waals surface area contributed by atoms with E-state index in [0.29, 0.717) is 12.1 Å². The number of thiophene rings is 1. The van der Waals surface area contributed by atoms with Gasteiger partial charge in [0.25, 0.3) is 0 Å². The lowest BCUT2D eigenvalue weighted by Crippen LogP contribution is -2.43. The van der Waals surface area contributed by atoms with Crippen LogP contribution in [0.2, 0.25) is 4.34 Å². The van der Waals surface area contributed by atoms with Crippen molar-refractivity contribution in [2.24, 2.45) is 5.73 Å². The Morgan fingerprint density at radius 3 is 2.45 bits per heavy atom. The monoisotopic (exact) mass is 314 g/mol. The summed E-state index contributed by atoms with van der Waals surface area (Å²) in [5.41, 5.74) is 6.43. The lowest BCUT2D eigenvalue weighted by molar-refractivity contribution is 0.137. The van der Waals surface area contributed by atoms with Crippen molar-refractivity contribution in [3.63, 3.8) is 0 Å². The third-order valence-corrected chi connectivity index (χ3v) is 5.90. The Hall–Kier alpha value is -0.0900. The van der Waals surface area contributed by atoms with E-state index in [1.165, 1.54) is 43.4 Å². The third kappa shape index (κ3) is 3.97. The Bertz CT molecular complexity index is 399. The first-order chi connectivity index (χ1) is 9.63. The van der Waals surface area contributed by atoms with E-state index in [0.717, 1.165) is 10.8 Å². The SMILES string of the molecule is CCC(N)C(c1ccc(Cl)s1)N(C)C1CCCCCC1. The maximum absolute atomic E-state index is 6.43. The van der Waals surface area contributed by atoms with Crippen molar-refractivity contribution in [2.75, 3.05) is 7.05 Å². The zero-order chi connectivity index (χ0) is 14.5. The van der Waals surface area contributed by atoms with Crippen LogP contribution in [0.1, 0.15) is 62.8 Å². The molecule has 0 aromatic carbocycles. The fraction of sp³-hybridized carbons (Fsp3) is 0.750. The molecule has 1 aromatic heterocycles. The fourth-order valence-corrected chi connectivity index (χ4v) is 4.61. The van der Waals surface area contributed by atoms with Gasteiger partial charge in [0, 0.05) is 17.0 Å². The molecular weight excluding hydrogens is 288 g/mol. The summed E-state index contributed by atoms with van der Waals surface area (Å²) in [5, 5.41) is 0. The van der Waals surface area contributed by atoms with E-state index in [-0.39, 0.29) is 6.04 Å². The summed E-state index contributed by atoms with van der Waals surface area (Å²) in [6.45, 7) is 2.17. The van der Waals surface area contributed by atoms with Crippen molar-refractivity contribution in [1.29, 1.82) is 0 Å². The van der Waals surface area contributed by atoms with E-state index >= 15 is 0 Å². The van der Waals surface area contributed by atoms with Crippen molar-refractivity contribution in [3.8, 4) is 0 Å². The smallest absolute Gasteiger partial charge is 0.0931 e. The van der Waals surface area contributed by atoms with Crippen LogP contribution < -0.4 is 5.73 Å². The molecule has 0 spiro atoms. The number of hydrogen-bond donors (Lipinski definition) is 1. The molecule has 1 aromatic rings. The maximum Gasteiger partial charge on any atom is 0.0931 e. The molecule has 1 saturated carbocycles. The van der Waals surface area contributed by atoms with E-state index in [4.69, 9.17) is 17.3 Å². The van der Waals surface area contributed by atoms with Crippen LogP contribution in [0.25, 0.3) is 0 Å². The van der Waals surface area contributed by atoms with Gasteiger partial charge in [-0.3, -0.25) is 4.90 Å². The Labute approximate surface area is 132 Å². The van der Waals surface area contributed by atoms with Gasteiger partial charge >= 0.3 is 0 Å². The van der Waals surface area contributed by atoms with E-state index in [9.17, 15) is 0 Å². The van der Waals surface area contributed by atoms with Gasteiger partial charge in [-0.05, 0) is 38.4 Å². The van der Waals surface area contributed by atoms with Crippen molar-refractivity contribution >= 4 is 22.9 Å². The number of halogens is 1. The zero-order valence-corrected chi connectivity index (χ0v) is 14.2.